The summed E-state index contributed by atoms with van der Waals surface area (Å²) in [6, 6.07) is 8.43. The van der Waals surface area contributed by atoms with E-state index in [0.717, 1.165) is 27.8 Å². The molecule has 0 atom stereocenters. The fraction of sp³-hybridized carbons (Fsp3) is 0.333. The topological polar surface area (TPSA) is 46.9 Å². The number of aromatic nitrogens is 2. The highest BCUT2D eigenvalue weighted by Crippen LogP contribution is 2.22. The first-order chi connectivity index (χ1) is 11.8. The number of hydrogen-bond donors (Lipinski definition) is 1. The molecule has 0 fully saturated rings. The monoisotopic (exact) mass is 335 g/mol. The first kappa shape index (κ1) is 17.2. The minimum Gasteiger partial charge on any atom is -0.330 e. The number of nitrogens with one attached hydrogen (secondary N) is 1. The van der Waals surface area contributed by atoms with Gasteiger partial charge in [0.05, 0.1) is 17.4 Å². The van der Waals surface area contributed by atoms with E-state index >= 15 is 0 Å². The number of hydrogen-bond acceptors (Lipinski definition) is 2. The lowest BCUT2D eigenvalue weighted by molar-refractivity contribution is -0.116. The van der Waals surface area contributed by atoms with Gasteiger partial charge >= 0.3 is 0 Å². The highest BCUT2D eigenvalue weighted by atomic mass is 16.1. The molecule has 4 heteroatoms. The van der Waals surface area contributed by atoms with Gasteiger partial charge in [0.1, 0.15) is 0 Å². The Hall–Kier alpha value is -2.62. The lowest BCUT2D eigenvalue weighted by Crippen LogP contribution is -2.16. The van der Waals surface area contributed by atoms with E-state index in [1.807, 2.05) is 20.2 Å². The average Bonchev–Trinajstić information content (AvgIpc) is 2.91. The van der Waals surface area contributed by atoms with E-state index in [4.69, 9.17) is 0 Å². The van der Waals surface area contributed by atoms with Gasteiger partial charge in [-0.25, -0.2) is 4.98 Å². The third kappa shape index (κ3) is 3.58. The second kappa shape index (κ2) is 6.71. The zero-order chi connectivity index (χ0) is 18.1. The maximum absolute atomic E-state index is 12.4. The number of anilines is 1. The smallest absolute Gasteiger partial charge is 0.226 e. The normalized spacial score (nSPS) is 11.1. The zero-order valence-corrected chi connectivity index (χ0v) is 15.6. The number of aryl methyl sites for hydroxylation is 6. The maximum atomic E-state index is 12.4. The van der Waals surface area contributed by atoms with Crippen LogP contribution in [0.4, 0.5) is 5.69 Å². The summed E-state index contributed by atoms with van der Waals surface area (Å²) in [6.07, 6.45) is 2.24. The second-order valence-corrected chi connectivity index (χ2v) is 6.94. The molecule has 1 N–H and O–H groups in total. The van der Waals surface area contributed by atoms with Gasteiger partial charge in [-0.15, -0.1) is 0 Å². The lowest BCUT2D eigenvalue weighted by Gasteiger charge is -2.13. The van der Waals surface area contributed by atoms with Crippen molar-refractivity contribution in [3.63, 3.8) is 0 Å². The van der Waals surface area contributed by atoms with Crippen LogP contribution in [0.1, 0.15) is 34.2 Å². The number of carbonyl (C=O) groups excluding carboxylic acids is 1. The molecule has 0 bridgehead atoms. The highest BCUT2D eigenvalue weighted by molar-refractivity contribution is 5.92. The number of fused-ring (bicyclic) bond motifs is 1. The summed E-state index contributed by atoms with van der Waals surface area (Å²) in [5.41, 5.74) is 8.88. The molecule has 25 heavy (non-hydrogen) atoms. The third-order valence-electron chi connectivity index (χ3n) is 4.76. The van der Waals surface area contributed by atoms with Gasteiger partial charge in [-0.05, 0) is 69.0 Å². The van der Waals surface area contributed by atoms with Gasteiger partial charge in [-0.1, -0.05) is 17.7 Å². The fourth-order valence-electron chi connectivity index (χ4n) is 3.29. The Balaban J connectivity index is 1.72. The summed E-state index contributed by atoms with van der Waals surface area (Å²) < 4.78 is 2.05. The number of nitrogens with zero attached hydrogens (tertiary/aromatic N) is 2. The van der Waals surface area contributed by atoms with Crippen molar-refractivity contribution >= 4 is 22.6 Å². The van der Waals surface area contributed by atoms with Gasteiger partial charge in [0.15, 0.2) is 0 Å². The second-order valence-electron chi connectivity index (χ2n) is 6.94. The first-order valence-electron chi connectivity index (χ1n) is 8.65. The molecule has 1 heterocycles. The van der Waals surface area contributed by atoms with E-state index in [-0.39, 0.29) is 5.91 Å². The zero-order valence-electron chi connectivity index (χ0n) is 15.6. The Morgan fingerprint density at radius 1 is 0.960 bits per heavy atom. The summed E-state index contributed by atoms with van der Waals surface area (Å²) >= 11 is 0. The molecule has 0 aliphatic rings. The number of amides is 1. The van der Waals surface area contributed by atoms with Gasteiger partial charge in [0.2, 0.25) is 5.91 Å². The molecule has 4 nitrogen and oxygen atoms in total. The van der Waals surface area contributed by atoms with E-state index in [2.05, 4.69) is 59.9 Å². The SMILES string of the molecule is Cc1cc(C)c(NC(=O)CCn2cnc3cc(C)c(C)cc32)c(C)c1. The van der Waals surface area contributed by atoms with Gasteiger partial charge in [-0.2, -0.15) is 0 Å². The first-order valence-corrected chi connectivity index (χ1v) is 8.65. The molecule has 0 aliphatic carbocycles. The van der Waals surface area contributed by atoms with Crippen LogP contribution in [-0.4, -0.2) is 15.5 Å². The molecule has 0 saturated carbocycles. The number of carbonyl (C=O) groups is 1. The van der Waals surface area contributed by atoms with Crippen molar-refractivity contribution in [2.45, 2.75) is 47.6 Å². The van der Waals surface area contributed by atoms with Crippen LogP contribution in [0.25, 0.3) is 11.0 Å². The molecule has 3 aromatic rings. The van der Waals surface area contributed by atoms with E-state index < -0.39 is 0 Å². The van der Waals surface area contributed by atoms with Gasteiger partial charge in [-0.3, -0.25) is 4.79 Å². The third-order valence-corrected chi connectivity index (χ3v) is 4.76. The predicted molar refractivity (Wildman–Crippen MR) is 103 cm³/mol. The molecule has 2 aromatic carbocycles. The van der Waals surface area contributed by atoms with Crippen molar-refractivity contribution in [2.24, 2.45) is 0 Å². The molecule has 3 rings (SSSR count). The minimum atomic E-state index is 0.0285. The molecular weight excluding hydrogens is 310 g/mol. The van der Waals surface area contributed by atoms with Crippen molar-refractivity contribution in [2.75, 3.05) is 5.32 Å². The van der Waals surface area contributed by atoms with E-state index in [0.29, 0.717) is 13.0 Å². The quantitative estimate of drug-likeness (QED) is 0.757. The number of benzene rings is 2. The van der Waals surface area contributed by atoms with Crippen molar-refractivity contribution in [3.05, 3.63) is 58.4 Å². The van der Waals surface area contributed by atoms with E-state index in [9.17, 15) is 4.79 Å². The van der Waals surface area contributed by atoms with Crippen LogP contribution in [-0.2, 0) is 11.3 Å². The molecular formula is C21H25N3O. The molecule has 0 saturated heterocycles. The standard InChI is InChI=1S/C21H25N3O/c1-13-8-16(4)21(17(5)9-13)23-20(25)6-7-24-12-22-18-10-14(2)15(3)11-19(18)24/h8-12H,6-7H2,1-5H3,(H,23,25). The Morgan fingerprint density at radius 3 is 2.28 bits per heavy atom. The highest BCUT2D eigenvalue weighted by Gasteiger charge is 2.10. The molecule has 130 valence electrons. The predicted octanol–water partition coefficient (Wildman–Crippen LogP) is 4.61. The summed E-state index contributed by atoms with van der Waals surface area (Å²) in [7, 11) is 0. The van der Waals surface area contributed by atoms with Crippen molar-refractivity contribution in [1.29, 1.82) is 0 Å². The van der Waals surface area contributed by atoms with E-state index in [1.54, 1.807) is 0 Å². The van der Waals surface area contributed by atoms with Crippen molar-refractivity contribution in [1.82, 2.24) is 9.55 Å². The Bertz CT molecular complexity index is 930. The molecule has 1 aromatic heterocycles. The average molecular weight is 335 g/mol. The fourth-order valence-corrected chi connectivity index (χ4v) is 3.29. The van der Waals surface area contributed by atoms with Crippen molar-refractivity contribution < 1.29 is 4.79 Å². The van der Waals surface area contributed by atoms with Crippen LogP contribution < -0.4 is 5.32 Å². The molecule has 0 radical (unpaired) electrons. The van der Waals surface area contributed by atoms with Crippen molar-refractivity contribution in [3.8, 4) is 0 Å². The van der Waals surface area contributed by atoms with Gasteiger partial charge < -0.3 is 9.88 Å². The van der Waals surface area contributed by atoms with Crippen LogP contribution in [0.2, 0.25) is 0 Å². The summed E-state index contributed by atoms with van der Waals surface area (Å²) in [5, 5.41) is 3.06. The number of rotatable bonds is 4. The number of imidazole rings is 1. The van der Waals surface area contributed by atoms with Gasteiger partial charge in [0, 0.05) is 18.7 Å². The summed E-state index contributed by atoms with van der Waals surface area (Å²) in [6.45, 7) is 10.9. The minimum absolute atomic E-state index is 0.0285. The van der Waals surface area contributed by atoms with Crippen LogP contribution in [0.5, 0.6) is 0 Å². The van der Waals surface area contributed by atoms with E-state index in [1.165, 1.54) is 16.7 Å². The van der Waals surface area contributed by atoms with Gasteiger partial charge in [0.25, 0.3) is 0 Å². The van der Waals surface area contributed by atoms with Crippen LogP contribution in [0.15, 0.2) is 30.6 Å². The lowest BCUT2D eigenvalue weighted by atomic mass is 10.1. The molecule has 1 amide bonds. The van der Waals surface area contributed by atoms with Crippen LogP contribution in [0, 0.1) is 34.6 Å². The summed E-state index contributed by atoms with van der Waals surface area (Å²) in [4.78, 5) is 16.9. The Labute approximate surface area is 148 Å². The molecule has 0 spiro atoms. The largest absolute Gasteiger partial charge is 0.330 e. The molecule has 0 unspecified atom stereocenters. The summed E-state index contributed by atoms with van der Waals surface area (Å²) in [5.74, 6) is 0.0285. The Morgan fingerprint density at radius 2 is 1.60 bits per heavy atom. The van der Waals surface area contributed by atoms with Crippen LogP contribution >= 0.6 is 0 Å². The maximum Gasteiger partial charge on any atom is 0.226 e. The Kier molecular flexibility index (Phi) is 4.62. The molecule has 0 aliphatic heterocycles. The van der Waals surface area contributed by atoms with Crippen LogP contribution in [0.3, 0.4) is 0 Å².